The van der Waals surface area contributed by atoms with Crippen LogP contribution in [-0.4, -0.2) is 7.11 Å². The van der Waals surface area contributed by atoms with Crippen molar-refractivity contribution in [2.75, 3.05) is 7.11 Å². The second-order valence-electron chi connectivity index (χ2n) is 2.02. The molecule has 0 aliphatic heterocycles. The molecule has 0 amide bonds. The maximum absolute atomic E-state index is 4.97. The Morgan fingerprint density at radius 2 is 1.33 bits per heavy atom. The Bertz CT molecular complexity index is 177. The van der Waals surface area contributed by atoms with E-state index < -0.39 is 0 Å². The molecule has 1 heteroatoms. The van der Waals surface area contributed by atoms with E-state index in [9.17, 15) is 0 Å². The average Bonchev–Trinajstić information content (AvgIpc) is 1.90. The summed E-state index contributed by atoms with van der Waals surface area (Å²) < 4.78 is 4.97. The van der Waals surface area contributed by atoms with Crippen LogP contribution >= 0.6 is 0 Å². The van der Waals surface area contributed by atoms with E-state index >= 15 is 0 Å². The zero-order chi connectivity index (χ0) is 6.69. The van der Waals surface area contributed by atoms with Crippen molar-refractivity contribution in [2.24, 2.45) is 0 Å². The van der Waals surface area contributed by atoms with Crippen LogP contribution in [0, 0.1) is 6.92 Å². The Morgan fingerprint density at radius 1 is 0.917 bits per heavy atom. The molecule has 12 heavy (non-hydrogen) atoms. The lowest BCUT2D eigenvalue weighted by Crippen LogP contribution is -1.80. The largest absolute Gasteiger partial charge is 0.497 e. The molecule has 0 radical (unpaired) electrons. The smallest absolute Gasteiger partial charge is 0.118 e. The van der Waals surface area contributed by atoms with Crippen molar-refractivity contribution in [3.05, 3.63) is 29.8 Å². The molecular weight excluding hydrogens is 148 g/mol. The van der Waals surface area contributed by atoms with E-state index in [1.807, 2.05) is 24.3 Å². The Morgan fingerprint density at radius 3 is 1.67 bits per heavy atom. The normalized spacial score (nSPS) is 6.83. The fraction of sp³-hybridized carbons (Fsp3) is 0.455. The first-order valence-electron chi connectivity index (χ1n) is 2.93. The molecule has 1 aromatic carbocycles. The summed E-state index contributed by atoms with van der Waals surface area (Å²) in [6.07, 6.45) is 0. The number of hydrogen-bond acceptors (Lipinski definition) is 1. The predicted octanol–water partition coefficient (Wildman–Crippen LogP) is 3.91. The quantitative estimate of drug-likeness (QED) is 0.621. The third kappa shape index (κ3) is 4.78. The zero-order valence-corrected chi connectivity index (χ0v) is 5.72. The number of hydrogen-bond donors (Lipinski definition) is 0. The van der Waals surface area contributed by atoms with Gasteiger partial charge in [-0.05, 0) is 19.1 Å². The van der Waals surface area contributed by atoms with Gasteiger partial charge in [0.1, 0.15) is 5.75 Å². The summed E-state index contributed by atoms with van der Waals surface area (Å²) in [5.41, 5.74) is 1.26. The van der Waals surface area contributed by atoms with E-state index in [-0.39, 0.29) is 22.3 Å². The van der Waals surface area contributed by atoms with Crippen LogP contribution in [0.4, 0.5) is 0 Å². The topological polar surface area (TPSA) is 9.23 Å². The van der Waals surface area contributed by atoms with E-state index in [0.29, 0.717) is 0 Å². The molecule has 0 aliphatic carbocycles. The Labute approximate surface area is 77.4 Å². The highest BCUT2D eigenvalue weighted by Crippen LogP contribution is 2.09. The van der Waals surface area contributed by atoms with Gasteiger partial charge < -0.3 is 4.74 Å². The SMILES string of the molecule is C.C.C.COc1ccc(C)cc1. The van der Waals surface area contributed by atoms with Crippen LogP contribution in [0.15, 0.2) is 24.3 Å². The van der Waals surface area contributed by atoms with Crippen molar-refractivity contribution in [3.8, 4) is 5.75 Å². The standard InChI is InChI=1S/C8H10O.3CH4/c1-7-3-5-8(9-2)6-4-7;;;/h3-6H,1-2H3;3*1H4. The first kappa shape index (κ1) is 17.2. The van der Waals surface area contributed by atoms with Gasteiger partial charge in [0.2, 0.25) is 0 Å². The summed E-state index contributed by atoms with van der Waals surface area (Å²) in [6, 6.07) is 7.96. The maximum atomic E-state index is 4.97. The highest BCUT2D eigenvalue weighted by Gasteiger charge is 1.85. The van der Waals surface area contributed by atoms with Gasteiger partial charge in [-0.25, -0.2) is 0 Å². The van der Waals surface area contributed by atoms with Gasteiger partial charge in [0.05, 0.1) is 7.11 Å². The number of rotatable bonds is 1. The molecule has 1 nitrogen and oxygen atoms in total. The van der Waals surface area contributed by atoms with Crippen LogP contribution in [0.1, 0.15) is 27.8 Å². The fourth-order valence-electron chi connectivity index (χ4n) is 0.674. The van der Waals surface area contributed by atoms with Gasteiger partial charge in [0.25, 0.3) is 0 Å². The molecule has 0 atom stereocenters. The lowest BCUT2D eigenvalue weighted by atomic mass is 10.2. The van der Waals surface area contributed by atoms with Gasteiger partial charge in [0.15, 0.2) is 0 Å². The van der Waals surface area contributed by atoms with Gasteiger partial charge in [-0.15, -0.1) is 0 Å². The van der Waals surface area contributed by atoms with Crippen molar-refractivity contribution < 1.29 is 4.74 Å². The Kier molecular flexibility index (Phi) is 11.6. The third-order valence-electron chi connectivity index (χ3n) is 1.26. The highest BCUT2D eigenvalue weighted by atomic mass is 16.5. The maximum Gasteiger partial charge on any atom is 0.118 e. The lowest BCUT2D eigenvalue weighted by molar-refractivity contribution is 0.414. The van der Waals surface area contributed by atoms with Crippen LogP contribution in [-0.2, 0) is 0 Å². The van der Waals surface area contributed by atoms with E-state index in [0.717, 1.165) is 5.75 Å². The molecule has 0 saturated heterocycles. The summed E-state index contributed by atoms with van der Waals surface area (Å²) in [5, 5.41) is 0. The first-order valence-corrected chi connectivity index (χ1v) is 2.93. The van der Waals surface area contributed by atoms with Crippen molar-refractivity contribution >= 4 is 0 Å². The molecule has 0 aliphatic rings. The van der Waals surface area contributed by atoms with Gasteiger partial charge in [-0.2, -0.15) is 0 Å². The highest BCUT2D eigenvalue weighted by molar-refractivity contribution is 5.25. The molecule has 0 heterocycles. The second kappa shape index (κ2) is 8.12. The summed E-state index contributed by atoms with van der Waals surface area (Å²) in [6.45, 7) is 2.06. The van der Waals surface area contributed by atoms with Gasteiger partial charge in [-0.1, -0.05) is 40.0 Å². The van der Waals surface area contributed by atoms with Crippen LogP contribution < -0.4 is 4.74 Å². The first-order chi connectivity index (χ1) is 4.33. The molecule has 0 bridgehead atoms. The minimum Gasteiger partial charge on any atom is -0.497 e. The molecule has 0 aromatic heterocycles. The Balaban J connectivity index is -0.000000270. The van der Waals surface area contributed by atoms with Crippen LogP contribution in [0.5, 0.6) is 5.75 Å². The molecule has 0 fully saturated rings. The third-order valence-corrected chi connectivity index (χ3v) is 1.26. The van der Waals surface area contributed by atoms with E-state index in [1.165, 1.54) is 5.56 Å². The summed E-state index contributed by atoms with van der Waals surface area (Å²) >= 11 is 0. The average molecular weight is 170 g/mol. The molecule has 0 saturated carbocycles. The monoisotopic (exact) mass is 170 g/mol. The lowest BCUT2D eigenvalue weighted by Gasteiger charge is -1.97. The number of ether oxygens (including phenoxy) is 1. The Hall–Kier alpha value is -0.980. The fourth-order valence-corrected chi connectivity index (χ4v) is 0.674. The van der Waals surface area contributed by atoms with Crippen molar-refractivity contribution in [2.45, 2.75) is 29.2 Å². The van der Waals surface area contributed by atoms with Gasteiger partial charge in [0, 0.05) is 0 Å². The number of aryl methyl sites for hydroxylation is 1. The van der Waals surface area contributed by atoms with Crippen LogP contribution in [0.3, 0.4) is 0 Å². The summed E-state index contributed by atoms with van der Waals surface area (Å²) in [7, 11) is 1.67. The summed E-state index contributed by atoms with van der Waals surface area (Å²) in [5.74, 6) is 0.917. The molecule has 0 N–H and O–H groups in total. The van der Waals surface area contributed by atoms with Gasteiger partial charge >= 0.3 is 0 Å². The van der Waals surface area contributed by atoms with E-state index in [2.05, 4.69) is 6.92 Å². The molecule has 1 aromatic rings. The molecule has 72 valence electrons. The van der Waals surface area contributed by atoms with Gasteiger partial charge in [-0.3, -0.25) is 0 Å². The minimum absolute atomic E-state index is 0. The van der Waals surface area contributed by atoms with E-state index in [1.54, 1.807) is 7.11 Å². The molecular formula is C11H22O. The van der Waals surface area contributed by atoms with Crippen molar-refractivity contribution in [1.82, 2.24) is 0 Å². The molecule has 0 spiro atoms. The predicted molar refractivity (Wildman–Crippen MR) is 57.9 cm³/mol. The number of benzene rings is 1. The van der Waals surface area contributed by atoms with Crippen LogP contribution in [0.25, 0.3) is 0 Å². The second-order valence-corrected chi connectivity index (χ2v) is 2.02. The van der Waals surface area contributed by atoms with Crippen LogP contribution in [0.2, 0.25) is 0 Å². The molecule has 1 rings (SSSR count). The van der Waals surface area contributed by atoms with E-state index in [4.69, 9.17) is 4.74 Å². The zero-order valence-electron chi connectivity index (χ0n) is 5.72. The molecule has 0 unspecified atom stereocenters. The van der Waals surface area contributed by atoms with Crippen molar-refractivity contribution in [3.63, 3.8) is 0 Å². The minimum atomic E-state index is 0. The number of methoxy groups -OCH3 is 1. The van der Waals surface area contributed by atoms with Crippen molar-refractivity contribution in [1.29, 1.82) is 0 Å². The summed E-state index contributed by atoms with van der Waals surface area (Å²) in [4.78, 5) is 0.